The van der Waals surface area contributed by atoms with Gasteiger partial charge in [0.25, 0.3) is 5.56 Å². The first-order chi connectivity index (χ1) is 13.5. The minimum atomic E-state index is -0.193. The number of hydrogen-bond acceptors (Lipinski definition) is 5. The summed E-state index contributed by atoms with van der Waals surface area (Å²) in [5, 5.41) is 10.5. The Hall–Kier alpha value is -2.53. The monoisotopic (exact) mass is 432 g/mol. The normalized spacial score (nSPS) is 16.5. The van der Waals surface area contributed by atoms with Gasteiger partial charge in [-0.1, -0.05) is 29.8 Å². The van der Waals surface area contributed by atoms with Crippen LogP contribution in [0.5, 0.6) is 0 Å². The number of piperidine rings is 1. The van der Waals surface area contributed by atoms with Gasteiger partial charge >= 0.3 is 0 Å². The van der Waals surface area contributed by atoms with Crippen LogP contribution in [0.15, 0.2) is 35.4 Å². The molecule has 9 heteroatoms. The zero-order valence-corrected chi connectivity index (χ0v) is 17.6. The summed E-state index contributed by atoms with van der Waals surface area (Å²) in [4.78, 5) is 19.5. The summed E-state index contributed by atoms with van der Waals surface area (Å²) in [7, 11) is 1.66. The summed E-state index contributed by atoms with van der Waals surface area (Å²) in [5.41, 5.74) is 8.12. The third-order valence-electron chi connectivity index (χ3n) is 5.25. The van der Waals surface area contributed by atoms with E-state index in [1.165, 1.54) is 10.9 Å². The van der Waals surface area contributed by atoms with E-state index in [9.17, 15) is 10.1 Å². The number of aryl methyl sites for hydroxylation is 1. The molecule has 3 heterocycles. The molecule has 1 atom stereocenters. The van der Waals surface area contributed by atoms with Crippen LogP contribution in [0, 0.1) is 11.3 Å². The van der Waals surface area contributed by atoms with Crippen LogP contribution in [0.25, 0.3) is 11.0 Å². The van der Waals surface area contributed by atoms with Crippen molar-refractivity contribution in [1.29, 1.82) is 5.26 Å². The van der Waals surface area contributed by atoms with Crippen LogP contribution < -0.4 is 16.2 Å². The number of halogens is 2. The Balaban J connectivity index is 0.00000240. The maximum atomic E-state index is 13.0. The van der Waals surface area contributed by atoms with Gasteiger partial charge in [-0.25, -0.2) is 4.98 Å². The third kappa shape index (κ3) is 3.71. The first-order valence-corrected chi connectivity index (χ1v) is 9.61. The van der Waals surface area contributed by atoms with Gasteiger partial charge in [-0.2, -0.15) is 5.26 Å². The topological polar surface area (TPSA) is 92.9 Å². The lowest BCUT2D eigenvalue weighted by molar-refractivity contribution is 0.498. The fourth-order valence-electron chi connectivity index (χ4n) is 3.88. The number of fused-ring (bicyclic) bond motifs is 1. The van der Waals surface area contributed by atoms with E-state index in [0.717, 1.165) is 24.9 Å². The van der Waals surface area contributed by atoms with Crippen molar-refractivity contribution in [2.45, 2.75) is 25.4 Å². The lowest BCUT2D eigenvalue weighted by atomic mass is 10.1. The second kappa shape index (κ2) is 8.46. The molecule has 0 radical (unpaired) electrons. The van der Waals surface area contributed by atoms with Crippen LogP contribution >= 0.6 is 24.0 Å². The van der Waals surface area contributed by atoms with E-state index < -0.39 is 0 Å². The summed E-state index contributed by atoms with van der Waals surface area (Å²) in [6, 6.07) is 9.82. The smallest absolute Gasteiger partial charge is 0.277 e. The Morgan fingerprint density at radius 2 is 2.14 bits per heavy atom. The Kier molecular flexibility index (Phi) is 6.18. The standard InChI is InChI=1S/C20H21ClN6O.ClH/c1-25-12-24-17-15(9-22)19(26-8-4-6-14(23)11-26)27(18(17)20(25)28)10-13-5-2-3-7-16(13)21;/h2-3,5,7,12,14H,4,6,8,10-11,23H2,1H3;1H/t14-;/m1./s1. The average molecular weight is 433 g/mol. The number of aromatic nitrogens is 3. The molecule has 1 fully saturated rings. The summed E-state index contributed by atoms with van der Waals surface area (Å²) < 4.78 is 3.31. The molecular formula is C20H22Cl2N6O. The molecule has 1 saturated heterocycles. The fourth-order valence-corrected chi connectivity index (χ4v) is 4.08. The predicted molar refractivity (Wildman–Crippen MR) is 117 cm³/mol. The Morgan fingerprint density at radius 1 is 1.38 bits per heavy atom. The largest absolute Gasteiger partial charge is 0.355 e. The first-order valence-electron chi connectivity index (χ1n) is 9.23. The lowest BCUT2D eigenvalue weighted by Gasteiger charge is -2.33. The van der Waals surface area contributed by atoms with E-state index in [0.29, 0.717) is 40.5 Å². The van der Waals surface area contributed by atoms with Crippen molar-refractivity contribution in [3.05, 3.63) is 57.1 Å². The fraction of sp³-hybridized carbons (Fsp3) is 0.350. The molecule has 1 aliphatic heterocycles. The van der Waals surface area contributed by atoms with Crippen LogP contribution in [-0.4, -0.2) is 33.2 Å². The van der Waals surface area contributed by atoms with Crippen LogP contribution in [-0.2, 0) is 13.6 Å². The number of nitriles is 1. The van der Waals surface area contributed by atoms with Crippen molar-refractivity contribution in [2.75, 3.05) is 18.0 Å². The van der Waals surface area contributed by atoms with E-state index in [-0.39, 0.29) is 24.0 Å². The van der Waals surface area contributed by atoms with Gasteiger partial charge in [0.1, 0.15) is 28.5 Å². The minimum absolute atomic E-state index is 0. The van der Waals surface area contributed by atoms with Crippen molar-refractivity contribution < 1.29 is 0 Å². The SMILES string of the molecule is Cl.Cn1cnc2c(C#N)c(N3CCC[C@@H](N)C3)n(Cc3ccccc3Cl)c2c1=O. The van der Waals surface area contributed by atoms with Gasteiger partial charge in [-0.05, 0) is 24.5 Å². The van der Waals surface area contributed by atoms with Gasteiger partial charge in [0.2, 0.25) is 0 Å². The Bertz CT molecular complexity index is 1150. The van der Waals surface area contributed by atoms with Crippen LogP contribution in [0.4, 0.5) is 5.82 Å². The number of nitrogens with zero attached hydrogens (tertiary/aromatic N) is 5. The van der Waals surface area contributed by atoms with E-state index in [1.807, 2.05) is 28.8 Å². The van der Waals surface area contributed by atoms with Crippen LogP contribution in [0.1, 0.15) is 24.0 Å². The quantitative estimate of drug-likeness (QED) is 0.686. The highest BCUT2D eigenvalue weighted by Gasteiger charge is 2.28. The molecule has 1 aliphatic rings. The highest BCUT2D eigenvalue weighted by Crippen LogP contribution is 2.33. The lowest BCUT2D eigenvalue weighted by Crippen LogP contribution is -2.44. The molecule has 0 amide bonds. The first kappa shape index (κ1) is 21.2. The van der Waals surface area contributed by atoms with Crippen LogP contribution in [0.2, 0.25) is 5.02 Å². The molecule has 152 valence electrons. The zero-order chi connectivity index (χ0) is 19.8. The molecule has 4 rings (SSSR count). The maximum absolute atomic E-state index is 13.0. The Labute approximate surface area is 179 Å². The van der Waals surface area contributed by atoms with Crippen molar-refractivity contribution >= 4 is 40.9 Å². The van der Waals surface area contributed by atoms with Crippen molar-refractivity contribution in [1.82, 2.24) is 14.1 Å². The van der Waals surface area contributed by atoms with Gasteiger partial charge in [-0.3, -0.25) is 4.79 Å². The summed E-state index contributed by atoms with van der Waals surface area (Å²) in [6.07, 6.45) is 3.34. The highest BCUT2D eigenvalue weighted by molar-refractivity contribution is 6.31. The molecule has 1 aromatic carbocycles. The number of anilines is 1. The van der Waals surface area contributed by atoms with E-state index in [2.05, 4.69) is 16.0 Å². The van der Waals surface area contributed by atoms with E-state index in [4.69, 9.17) is 17.3 Å². The van der Waals surface area contributed by atoms with Crippen molar-refractivity contribution in [3.8, 4) is 6.07 Å². The van der Waals surface area contributed by atoms with Crippen molar-refractivity contribution in [2.24, 2.45) is 12.8 Å². The zero-order valence-electron chi connectivity index (χ0n) is 16.0. The summed E-state index contributed by atoms with van der Waals surface area (Å²) >= 11 is 6.39. The highest BCUT2D eigenvalue weighted by atomic mass is 35.5. The molecular weight excluding hydrogens is 411 g/mol. The predicted octanol–water partition coefficient (Wildman–Crippen LogP) is 2.66. The molecule has 0 saturated carbocycles. The Morgan fingerprint density at radius 3 is 2.83 bits per heavy atom. The van der Waals surface area contributed by atoms with Gasteiger partial charge in [0.05, 0.1) is 12.9 Å². The number of hydrogen-bond donors (Lipinski definition) is 1. The van der Waals surface area contributed by atoms with Crippen LogP contribution in [0.3, 0.4) is 0 Å². The van der Waals surface area contributed by atoms with E-state index >= 15 is 0 Å². The van der Waals surface area contributed by atoms with Gasteiger partial charge in [0.15, 0.2) is 0 Å². The molecule has 29 heavy (non-hydrogen) atoms. The summed E-state index contributed by atoms with van der Waals surface area (Å²) in [5.74, 6) is 0.698. The molecule has 2 aromatic heterocycles. The minimum Gasteiger partial charge on any atom is -0.355 e. The molecule has 3 aromatic rings. The van der Waals surface area contributed by atoms with Gasteiger partial charge in [0, 0.05) is 31.2 Å². The molecule has 2 N–H and O–H groups in total. The van der Waals surface area contributed by atoms with Crippen molar-refractivity contribution in [3.63, 3.8) is 0 Å². The number of rotatable bonds is 3. The van der Waals surface area contributed by atoms with E-state index in [1.54, 1.807) is 7.05 Å². The summed E-state index contributed by atoms with van der Waals surface area (Å²) in [6.45, 7) is 1.79. The molecule has 0 spiro atoms. The molecule has 0 aliphatic carbocycles. The number of nitrogens with two attached hydrogens (primary N) is 1. The molecule has 0 bridgehead atoms. The molecule has 7 nitrogen and oxygen atoms in total. The van der Waals surface area contributed by atoms with Gasteiger partial charge in [-0.15, -0.1) is 12.4 Å². The number of benzene rings is 1. The van der Waals surface area contributed by atoms with Gasteiger partial charge < -0.3 is 19.8 Å². The third-order valence-corrected chi connectivity index (χ3v) is 5.62. The average Bonchev–Trinajstić information content (AvgIpc) is 3.00. The maximum Gasteiger partial charge on any atom is 0.277 e. The second-order valence-corrected chi connectivity index (χ2v) is 7.60. The molecule has 0 unspecified atom stereocenters. The second-order valence-electron chi connectivity index (χ2n) is 7.19.